The molecule has 0 heterocycles. The summed E-state index contributed by atoms with van der Waals surface area (Å²) in [7, 11) is 1.43. The summed E-state index contributed by atoms with van der Waals surface area (Å²) in [6, 6.07) is 4.47. The molecule has 0 saturated heterocycles. The van der Waals surface area contributed by atoms with E-state index in [1.54, 1.807) is 6.07 Å². The highest BCUT2D eigenvalue weighted by Crippen LogP contribution is 2.30. The number of ether oxygens (including phenoxy) is 1. The number of aliphatic hydroxyl groups excluding tert-OH is 2. The van der Waals surface area contributed by atoms with Gasteiger partial charge in [0.1, 0.15) is 6.10 Å². The van der Waals surface area contributed by atoms with Gasteiger partial charge in [-0.1, -0.05) is 6.07 Å². The number of phenolic OH excluding ortho intramolecular Hbond substituents is 1. The summed E-state index contributed by atoms with van der Waals surface area (Å²) in [6.07, 6.45) is -1.47. The topological polar surface area (TPSA) is 69.9 Å². The van der Waals surface area contributed by atoms with Gasteiger partial charge in [-0.25, -0.2) is 0 Å². The Labute approximate surface area is 99.9 Å². The number of phenols is 1. The minimum absolute atomic E-state index is 0.00198. The first-order valence-electron chi connectivity index (χ1n) is 4.94. The Morgan fingerprint density at radius 3 is 2.62 bits per heavy atom. The highest BCUT2D eigenvalue weighted by Gasteiger charge is 2.18. The molecule has 2 atom stereocenters. The fourth-order valence-electron chi connectivity index (χ4n) is 1.39. The Kier molecular flexibility index (Phi) is 4.92. The van der Waals surface area contributed by atoms with Gasteiger partial charge in [0.05, 0.1) is 13.2 Å². The Morgan fingerprint density at radius 2 is 2.06 bits per heavy atom. The minimum Gasteiger partial charge on any atom is -0.504 e. The van der Waals surface area contributed by atoms with Crippen molar-refractivity contribution in [2.24, 2.45) is 0 Å². The van der Waals surface area contributed by atoms with Crippen molar-refractivity contribution in [1.29, 1.82) is 0 Å². The molecule has 0 aliphatic carbocycles. The molecule has 0 fully saturated rings. The van der Waals surface area contributed by atoms with Gasteiger partial charge < -0.3 is 20.1 Å². The molecule has 1 aromatic rings. The molecule has 1 rings (SSSR count). The van der Waals surface area contributed by atoms with Crippen LogP contribution in [-0.2, 0) is 0 Å². The van der Waals surface area contributed by atoms with Crippen LogP contribution in [0.3, 0.4) is 0 Å². The number of hydrogen-bond donors (Lipinski definition) is 4. The summed E-state index contributed by atoms with van der Waals surface area (Å²) in [5.74, 6) is 0.768. The zero-order valence-electron chi connectivity index (χ0n) is 9.00. The number of aromatic hydroxyl groups is 1. The minimum atomic E-state index is -0.998. The molecule has 0 aliphatic rings. The van der Waals surface area contributed by atoms with Gasteiger partial charge in [-0.15, -0.1) is 0 Å². The smallest absolute Gasteiger partial charge is 0.160 e. The molecule has 0 aliphatic heterocycles. The molecule has 4 nitrogen and oxygen atoms in total. The molecule has 0 bridgehead atoms. The molecule has 0 spiro atoms. The molecule has 0 saturated carbocycles. The molecule has 16 heavy (non-hydrogen) atoms. The lowest BCUT2D eigenvalue weighted by Crippen LogP contribution is -2.18. The van der Waals surface area contributed by atoms with Gasteiger partial charge in [0.25, 0.3) is 0 Å². The average molecular weight is 244 g/mol. The summed E-state index contributed by atoms with van der Waals surface area (Å²) < 4.78 is 4.92. The molecule has 0 aromatic heterocycles. The second kappa shape index (κ2) is 5.98. The highest BCUT2D eigenvalue weighted by atomic mass is 32.1. The second-order valence-corrected chi connectivity index (χ2v) is 3.90. The predicted molar refractivity (Wildman–Crippen MR) is 64.1 cm³/mol. The summed E-state index contributed by atoms with van der Waals surface area (Å²) in [6.45, 7) is 0. The molecule has 5 heteroatoms. The maximum Gasteiger partial charge on any atom is 0.160 e. The number of hydrogen-bond acceptors (Lipinski definition) is 5. The molecule has 1 aromatic carbocycles. The van der Waals surface area contributed by atoms with Crippen LogP contribution < -0.4 is 4.74 Å². The maximum absolute atomic E-state index is 9.81. The van der Waals surface area contributed by atoms with Crippen molar-refractivity contribution >= 4 is 12.6 Å². The summed E-state index contributed by atoms with van der Waals surface area (Å²) in [5, 5.41) is 28.8. The Bertz CT molecular complexity index is 343. The van der Waals surface area contributed by atoms with E-state index in [9.17, 15) is 15.3 Å². The van der Waals surface area contributed by atoms with Crippen LogP contribution in [0.1, 0.15) is 18.1 Å². The first-order chi connectivity index (χ1) is 7.60. The van der Waals surface area contributed by atoms with Crippen LogP contribution in [0.15, 0.2) is 18.2 Å². The van der Waals surface area contributed by atoms with Crippen molar-refractivity contribution in [3.63, 3.8) is 0 Å². The standard InChI is InChI=1S/C11H16O4S/c1-15-10-6-7(2-3-8(10)12)11(14)9(13)4-5-16/h2-3,6,9,11-14,16H,4-5H2,1H3. The Balaban J connectivity index is 2.87. The van der Waals surface area contributed by atoms with E-state index in [2.05, 4.69) is 12.6 Å². The van der Waals surface area contributed by atoms with E-state index in [0.29, 0.717) is 17.7 Å². The van der Waals surface area contributed by atoms with E-state index in [1.165, 1.54) is 19.2 Å². The summed E-state index contributed by atoms with van der Waals surface area (Å²) >= 11 is 3.99. The Morgan fingerprint density at radius 1 is 1.38 bits per heavy atom. The third-order valence-corrected chi connectivity index (χ3v) is 2.59. The van der Waals surface area contributed by atoms with Crippen molar-refractivity contribution in [1.82, 2.24) is 0 Å². The lowest BCUT2D eigenvalue weighted by atomic mass is 10.0. The van der Waals surface area contributed by atoms with Crippen LogP contribution in [-0.4, -0.2) is 34.3 Å². The molecular weight excluding hydrogens is 228 g/mol. The van der Waals surface area contributed by atoms with Gasteiger partial charge in [-0.3, -0.25) is 0 Å². The number of methoxy groups -OCH3 is 1. The van der Waals surface area contributed by atoms with Crippen molar-refractivity contribution in [2.45, 2.75) is 18.6 Å². The van der Waals surface area contributed by atoms with Crippen molar-refractivity contribution < 1.29 is 20.1 Å². The van der Waals surface area contributed by atoms with Gasteiger partial charge in [0.15, 0.2) is 11.5 Å². The SMILES string of the molecule is COc1cc(C(O)C(O)CCS)ccc1O. The van der Waals surface area contributed by atoms with E-state index in [-0.39, 0.29) is 11.5 Å². The normalized spacial score (nSPS) is 14.5. The number of benzene rings is 1. The maximum atomic E-state index is 9.81. The van der Waals surface area contributed by atoms with Gasteiger partial charge in [0.2, 0.25) is 0 Å². The summed E-state index contributed by atoms with van der Waals surface area (Å²) in [4.78, 5) is 0. The lowest BCUT2D eigenvalue weighted by Gasteiger charge is -2.18. The monoisotopic (exact) mass is 244 g/mol. The molecule has 2 unspecified atom stereocenters. The molecule has 3 N–H and O–H groups in total. The molecule has 0 radical (unpaired) electrons. The van der Waals surface area contributed by atoms with Crippen LogP contribution >= 0.6 is 12.6 Å². The van der Waals surface area contributed by atoms with Crippen LogP contribution in [0.4, 0.5) is 0 Å². The number of thiol groups is 1. The van der Waals surface area contributed by atoms with Gasteiger partial charge in [-0.2, -0.15) is 12.6 Å². The fraction of sp³-hybridized carbons (Fsp3) is 0.455. The largest absolute Gasteiger partial charge is 0.504 e. The van der Waals surface area contributed by atoms with E-state index in [1.807, 2.05) is 0 Å². The van der Waals surface area contributed by atoms with Crippen LogP contribution in [0, 0.1) is 0 Å². The molecule has 90 valence electrons. The van der Waals surface area contributed by atoms with E-state index in [4.69, 9.17) is 4.74 Å². The van der Waals surface area contributed by atoms with Crippen molar-refractivity contribution in [3.05, 3.63) is 23.8 Å². The number of aliphatic hydroxyl groups is 2. The van der Waals surface area contributed by atoms with Crippen LogP contribution in [0.25, 0.3) is 0 Å². The lowest BCUT2D eigenvalue weighted by molar-refractivity contribution is 0.0171. The highest BCUT2D eigenvalue weighted by molar-refractivity contribution is 7.80. The van der Waals surface area contributed by atoms with Crippen molar-refractivity contribution in [3.8, 4) is 11.5 Å². The third kappa shape index (κ3) is 3.04. The van der Waals surface area contributed by atoms with Crippen molar-refractivity contribution in [2.75, 3.05) is 12.9 Å². The molecule has 0 amide bonds. The van der Waals surface area contributed by atoms with Crippen LogP contribution in [0.5, 0.6) is 11.5 Å². The second-order valence-electron chi connectivity index (χ2n) is 3.46. The fourth-order valence-corrected chi connectivity index (χ4v) is 1.66. The Hall–Kier alpha value is -0.910. The van der Waals surface area contributed by atoms with E-state index >= 15 is 0 Å². The first-order valence-corrected chi connectivity index (χ1v) is 5.57. The van der Waals surface area contributed by atoms with E-state index in [0.717, 1.165) is 0 Å². The average Bonchev–Trinajstić information content (AvgIpc) is 2.29. The zero-order chi connectivity index (χ0) is 12.1. The zero-order valence-corrected chi connectivity index (χ0v) is 9.89. The third-order valence-electron chi connectivity index (χ3n) is 2.33. The van der Waals surface area contributed by atoms with E-state index < -0.39 is 12.2 Å². The van der Waals surface area contributed by atoms with Gasteiger partial charge in [-0.05, 0) is 29.9 Å². The number of rotatable bonds is 5. The first kappa shape index (κ1) is 13.2. The molecular formula is C11H16O4S. The van der Waals surface area contributed by atoms with Crippen LogP contribution in [0.2, 0.25) is 0 Å². The summed E-state index contributed by atoms with van der Waals surface area (Å²) in [5.41, 5.74) is 0.504. The quantitative estimate of drug-likeness (QED) is 0.586. The predicted octanol–water partition coefficient (Wildman–Crippen LogP) is 1.11. The van der Waals surface area contributed by atoms with Gasteiger partial charge in [0, 0.05) is 0 Å². The van der Waals surface area contributed by atoms with Gasteiger partial charge >= 0.3 is 0 Å².